The Morgan fingerprint density at radius 2 is 1.58 bits per heavy atom. The highest BCUT2D eigenvalue weighted by molar-refractivity contribution is 5.69. The zero-order valence-electron chi connectivity index (χ0n) is 15.0. The van der Waals surface area contributed by atoms with Crippen LogP contribution in [-0.4, -0.2) is 23.7 Å². The third-order valence-electron chi connectivity index (χ3n) is 4.16. The summed E-state index contributed by atoms with van der Waals surface area (Å²) in [5.41, 5.74) is 0.530. The van der Waals surface area contributed by atoms with Crippen LogP contribution in [0.15, 0.2) is 12.1 Å². The van der Waals surface area contributed by atoms with Gasteiger partial charge in [-0.25, -0.2) is 13.6 Å². The summed E-state index contributed by atoms with van der Waals surface area (Å²) >= 11 is 0. The van der Waals surface area contributed by atoms with E-state index in [1.165, 1.54) is 0 Å². The van der Waals surface area contributed by atoms with Crippen LogP contribution < -0.4 is 5.32 Å². The summed E-state index contributed by atoms with van der Waals surface area (Å²) in [6.07, 6.45) is -0.867. The summed E-state index contributed by atoms with van der Waals surface area (Å²) in [6, 6.07) is 1.62. The number of amides is 1. The van der Waals surface area contributed by atoms with E-state index in [4.69, 9.17) is 0 Å². The van der Waals surface area contributed by atoms with E-state index in [2.05, 4.69) is 10.1 Å². The fourth-order valence-electron chi connectivity index (χ4n) is 2.80. The van der Waals surface area contributed by atoms with E-state index < -0.39 is 35.5 Å². The first-order valence-corrected chi connectivity index (χ1v) is 7.92. The van der Waals surface area contributed by atoms with Crippen molar-refractivity contribution in [2.24, 2.45) is 0 Å². The van der Waals surface area contributed by atoms with Crippen LogP contribution in [0.3, 0.4) is 0 Å². The number of ether oxygens (including phenoxy) is 1. The third-order valence-corrected chi connectivity index (χ3v) is 4.16. The van der Waals surface area contributed by atoms with Crippen molar-refractivity contribution in [3.63, 3.8) is 0 Å². The highest BCUT2D eigenvalue weighted by Gasteiger charge is 2.47. The van der Waals surface area contributed by atoms with Gasteiger partial charge in [0.1, 0.15) is 11.8 Å². The lowest BCUT2D eigenvalue weighted by molar-refractivity contribution is -0.104. The number of benzene rings is 1. The molecular weight excluding hydrogens is 316 g/mol. The summed E-state index contributed by atoms with van der Waals surface area (Å²) in [5, 5.41) is 12.9. The Labute approximate surface area is 141 Å². The molecule has 0 unspecified atom stereocenters. The van der Waals surface area contributed by atoms with E-state index >= 15 is 0 Å². The summed E-state index contributed by atoms with van der Waals surface area (Å²) in [5.74, 6) is -3.12. The van der Waals surface area contributed by atoms with Gasteiger partial charge in [0.2, 0.25) is 0 Å². The minimum Gasteiger partial charge on any atom is -0.507 e. The Hall–Kier alpha value is -1.85. The first-order chi connectivity index (χ1) is 10.7. The van der Waals surface area contributed by atoms with Crippen LogP contribution >= 0.6 is 0 Å². The number of cyclic esters (lactones) is 1. The molecule has 0 saturated carbocycles. The molecule has 0 bridgehead atoms. The highest BCUT2D eigenvalue weighted by Crippen LogP contribution is 2.43. The molecule has 1 heterocycles. The first-order valence-electron chi connectivity index (χ1n) is 7.92. The summed E-state index contributed by atoms with van der Waals surface area (Å²) in [7, 11) is 0. The van der Waals surface area contributed by atoms with Crippen molar-refractivity contribution in [3.8, 4) is 5.75 Å². The molecule has 0 spiro atoms. The molecule has 1 aromatic rings. The van der Waals surface area contributed by atoms with Crippen LogP contribution in [0.2, 0.25) is 0 Å². The Morgan fingerprint density at radius 3 is 2.00 bits per heavy atom. The summed E-state index contributed by atoms with van der Waals surface area (Å²) < 4.78 is 33.0. The van der Waals surface area contributed by atoms with Crippen LogP contribution in [0, 0.1) is 0 Å². The van der Waals surface area contributed by atoms with Crippen molar-refractivity contribution in [1.29, 1.82) is 0 Å². The molecule has 4 nitrogen and oxygen atoms in total. The van der Waals surface area contributed by atoms with Gasteiger partial charge >= 0.3 is 12.0 Å². The Kier molecular flexibility index (Phi) is 4.32. The Morgan fingerprint density at radius 1 is 1.12 bits per heavy atom. The lowest BCUT2D eigenvalue weighted by Crippen LogP contribution is -2.49. The van der Waals surface area contributed by atoms with Gasteiger partial charge in [-0.05, 0) is 39.7 Å². The predicted molar refractivity (Wildman–Crippen MR) is 87.7 cm³/mol. The second kappa shape index (κ2) is 5.60. The summed E-state index contributed by atoms with van der Waals surface area (Å²) in [4.78, 5) is 11.4. The number of phenolic OH excluding ortho intramolecular Hbond substituents is 1. The predicted octanol–water partition coefficient (Wildman–Crippen LogP) is 4.40. The van der Waals surface area contributed by atoms with Gasteiger partial charge in [-0.15, -0.1) is 0 Å². The van der Waals surface area contributed by atoms with E-state index in [-0.39, 0.29) is 11.3 Å². The molecule has 134 valence electrons. The van der Waals surface area contributed by atoms with Gasteiger partial charge in [0.25, 0.3) is 0 Å². The second-order valence-electron chi connectivity index (χ2n) is 8.38. The minimum atomic E-state index is -3.23. The van der Waals surface area contributed by atoms with Crippen molar-refractivity contribution < 1.29 is 23.4 Å². The maximum absolute atomic E-state index is 14.3. The maximum Gasteiger partial charge on any atom is 0.408 e. The second-order valence-corrected chi connectivity index (χ2v) is 8.38. The van der Waals surface area contributed by atoms with Gasteiger partial charge in [0, 0.05) is 0 Å². The Bertz CT molecular complexity index is 622. The zero-order chi connectivity index (χ0) is 18.5. The molecule has 1 aliphatic rings. The fourth-order valence-corrected chi connectivity index (χ4v) is 2.80. The summed E-state index contributed by atoms with van der Waals surface area (Å²) in [6.45, 7) is 10.5. The van der Waals surface area contributed by atoms with Gasteiger partial charge in [-0.2, -0.15) is 0 Å². The van der Waals surface area contributed by atoms with Gasteiger partial charge in [0.15, 0.2) is 6.61 Å². The SMILES string of the molecule is CC(C)(C)c1cc([C@H]2NC(=O)OCC2(F)F)cc(C(C)(C)C)c1O. The average molecular weight is 341 g/mol. The molecule has 0 aliphatic carbocycles. The van der Waals surface area contributed by atoms with Crippen molar-refractivity contribution in [2.75, 3.05) is 6.61 Å². The van der Waals surface area contributed by atoms with Crippen molar-refractivity contribution in [1.82, 2.24) is 5.32 Å². The van der Waals surface area contributed by atoms with E-state index in [0.29, 0.717) is 11.1 Å². The number of halogens is 2. The van der Waals surface area contributed by atoms with Crippen LogP contribution in [0.4, 0.5) is 13.6 Å². The largest absolute Gasteiger partial charge is 0.507 e. The number of alkyl carbamates (subject to hydrolysis) is 1. The number of carbonyl (C=O) groups is 1. The van der Waals surface area contributed by atoms with Gasteiger partial charge < -0.3 is 15.2 Å². The number of hydrogen-bond donors (Lipinski definition) is 2. The number of hydrogen-bond acceptors (Lipinski definition) is 3. The molecule has 1 fully saturated rings. The molecule has 0 aromatic heterocycles. The zero-order valence-corrected chi connectivity index (χ0v) is 15.0. The lowest BCUT2D eigenvalue weighted by atomic mass is 9.77. The number of alkyl halides is 2. The van der Waals surface area contributed by atoms with Gasteiger partial charge in [-0.3, -0.25) is 0 Å². The monoisotopic (exact) mass is 341 g/mol. The average Bonchev–Trinajstić information content (AvgIpc) is 2.39. The molecule has 24 heavy (non-hydrogen) atoms. The first kappa shape index (κ1) is 18.5. The normalized spacial score (nSPS) is 21.2. The molecule has 1 atom stereocenters. The van der Waals surface area contributed by atoms with Crippen LogP contribution in [-0.2, 0) is 15.6 Å². The lowest BCUT2D eigenvalue weighted by Gasteiger charge is -2.34. The number of phenols is 1. The molecule has 0 radical (unpaired) electrons. The maximum atomic E-state index is 14.3. The molecule has 2 N–H and O–H groups in total. The number of carbonyl (C=O) groups excluding carboxylic acids is 1. The third kappa shape index (κ3) is 3.47. The van der Waals surface area contributed by atoms with Crippen molar-refractivity contribution in [3.05, 3.63) is 28.8 Å². The molecule has 1 amide bonds. The standard InChI is InChI=1S/C18H25F2NO3/c1-16(2,3)11-7-10(8-12(13(11)22)17(4,5)6)14-18(19,20)9-24-15(23)21-14/h7-8,14,22H,9H2,1-6H3,(H,21,23)/t14-/m1/s1. The van der Waals surface area contributed by atoms with E-state index in [0.717, 1.165) is 0 Å². The molecule has 6 heteroatoms. The molecule has 1 aromatic carbocycles. The smallest absolute Gasteiger partial charge is 0.408 e. The highest BCUT2D eigenvalue weighted by atomic mass is 19.3. The molecular formula is C18H25F2NO3. The minimum absolute atomic E-state index is 0.112. The molecule has 1 saturated heterocycles. The number of nitrogens with one attached hydrogen (secondary N) is 1. The van der Waals surface area contributed by atoms with Crippen LogP contribution in [0.25, 0.3) is 0 Å². The number of rotatable bonds is 1. The van der Waals surface area contributed by atoms with E-state index in [9.17, 15) is 18.7 Å². The molecule has 1 aliphatic heterocycles. The van der Waals surface area contributed by atoms with E-state index in [1.807, 2.05) is 41.5 Å². The van der Waals surface area contributed by atoms with Gasteiger partial charge in [-0.1, -0.05) is 41.5 Å². The van der Waals surface area contributed by atoms with E-state index in [1.54, 1.807) is 12.1 Å². The van der Waals surface area contributed by atoms with Crippen molar-refractivity contribution in [2.45, 2.75) is 64.3 Å². The molecule has 2 rings (SSSR count). The van der Waals surface area contributed by atoms with Crippen LogP contribution in [0.5, 0.6) is 5.75 Å². The topological polar surface area (TPSA) is 58.6 Å². The number of aromatic hydroxyl groups is 1. The van der Waals surface area contributed by atoms with Gasteiger partial charge in [0.05, 0.1) is 0 Å². The van der Waals surface area contributed by atoms with Crippen LogP contribution in [0.1, 0.15) is 64.3 Å². The quantitative estimate of drug-likeness (QED) is 0.796. The fraction of sp³-hybridized carbons (Fsp3) is 0.611. The Balaban J connectivity index is 2.68. The van der Waals surface area contributed by atoms with Crippen molar-refractivity contribution >= 4 is 6.09 Å².